The summed E-state index contributed by atoms with van der Waals surface area (Å²) >= 11 is 7.20. The molecule has 2 aromatic carbocycles. The third kappa shape index (κ3) is 2.90. The van der Waals surface area contributed by atoms with Crippen LogP contribution in [0.15, 0.2) is 36.4 Å². The first-order valence-electron chi connectivity index (χ1n) is 4.79. The van der Waals surface area contributed by atoms with E-state index in [1.165, 1.54) is 27.4 Å². The first-order valence-corrected chi connectivity index (χ1v) is 8.03. The Hall–Kier alpha value is 0.630. The molecular weight excluding hydrogens is 537 g/mol. The molecule has 0 aliphatic rings. The van der Waals surface area contributed by atoms with Crippen molar-refractivity contribution in [1.29, 1.82) is 0 Å². The van der Waals surface area contributed by atoms with Crippen molar-refractivity contribution in [2.24, 2.45) is 0 Å². The molecule has 0 aliphatic carbocycles. The van der Waals surface area contributed by atoms with Crippen LogP contribution in [0.4, 0.5) is 0 Å². The number of hydrogen-bond acceptors (Lipinski definition) is 0. The van der Waals surface area contributed by atoms with Gasteiger partial charge in [0.05, 0.1) is 0 Å². The van der Waals surface area contributed by atoms with Gasteiger partial charge in [0.25, 0.3) is 0 Å². The van der Waals surface area contributed by atoms with Gasteiger partial charge in [-0.3, -0.25) is 0 Å². The van der Waals surface area contributed by atoms with Gasteiger partial charge in [0.2, 0.25) is 0 Å². The van der Waals surface area contributed by atoms with Crippen LogP contribution in [0.1, 0.15) is 5.56 Å². The molecule has 0 heterocycles. The zero-order valence-corrected chi connectivity index (χ0v) is 15.1. The van der Waals surface area contributed by atoms with Gasteiger partial charge < -0.3 is 0 Å². The van der Waals surface area contributed by atoms with Crippen LogP contribution in [0, 0.1) is 17.6 Å². The van der Waals surface area contributed by atoms with E-state index in [1.54, 1.807) is 0 Å². The van der Waals surface area contributed by atoms with Gasteiger partial charge >= 0.3 is 0 Å². The highest BCUT2D eigenvalue weighted by Gasteiger charge is 2.08. The Labute approximate surface area is 137 Å². The standard InChI is InChI=1S/C13H9I3/c1-8-5-11(15)13(12(16)6-8)9-3-2-4-10(14)7-9/h2-7H,1H3. The highest BCUT2D eigenvalue weighted by atomic mass is 127. The van der Waals surface area contributed by atoms with E-state index < -0.39 is 0 Å². The van der Waals surface area contributed by atoms with Gasteiger partial charge in [-0.15, -0.1) is 0 Å². The average molecular weight is 546 g/mol. The zero-order valence-electron chi connectivity index (χ0n) is 8.60. The van der Waals surface area contributed by atoms with E-state index >= 15 is 0 Å². The Bertz CT molecular complexity index is 509. The second kappa shape index (κ2) is 5.51. The van der Waals surface area contributed by atoms with Crippen molar-refractivity contribution in [1.82, 2.24) is 0 Å². The molecule has 0 bridgehead atoms. The molecule has 0 N–H and O–H groups in total. The minimum Gasteiger partial charge on any atom is -0.0606 e. The molecule has 3 heteroatoms. The lowest BCUT2D eigenvalue weighted by Gasteiger charge is -2.09. The molecule has 0 saturated carbocycles. The van der Waals surface area contributed by atoms with Crippen LogP contribution in [0.3, 0.4) is 0 Å². The van der Waals surface area contributed by atoms with Crippen LogP contribution in [-0.2, 0) is 0 Å². The summed E-state index contributed by atoms with van der Waals surface area (Å²) in [5, 5.41) is 0. The van der Waals surface area contributed by atoms with E-state index in [0.29, 0.717) is 0 Å². The summed E-state index contributed by atoms with van der Waals surface area (Å²) in [5.74, 6) is 0. The van der Waals surface area contributed by atoms with Crippen LogP contribution in [0.25, 0.3) is 11.1 Å². The fraction of sp³-hybridized carbons (Fsp3) is 0.0769. The lowest BCUT2D eigenvalue weighted by Crippen LogP contribution is -1.90. The molecule has 0 nitrogen and oxygen atoms in total. The van der Waals surface area contributed by atoms with E-state index in [4.69, 9.17) is 0 Å². The lowest BCUT2D eigenvalue weighted by atomic mass is 10.0. The van der Waals surface area contributed by atoms with Gasteiger partial charge in [-0.05, 0) is 110 Å². The van der Waals surface area contributed by atoms with Gasteiger partial charge in [0.1, 0.15) is 0 Å². The fourth-order valence-corrected chi connectivity index (χ4v) is 4.87. The zero-order chi connectivity index (χ0) is 11.7. The normalized spacial score (nSPS) is 10.5. The molecular formula is C13H9I3. The van der Waals surface area contributed by atoms with Crippen molar-refractivity contribution in [2.75, 3.05) is 0 Å². The van der Waals surface area contributed by atoms with E-state index in [0.717, 1.165) is 0 Å². The first-order chi connectivity index (χ1) is 7.58. The smallest absolute Gasteiger partial charge is 0.0222 e. The van der Waals surface area contributed by atoms with Crippen molar-refractivity contribution < 1.29 is 0 Å². The van der Waals surface area contributed by atoms with Crippen molar-refractivity contribution in [3.63, 3.8) is 0 Å². The maximum Gasteiger partial charge on any atom is 0.0222 e. The van der Waals surface area contributed by atoms with E-state index in [1.807, 2.05) is 0 Å². The number of benzene rings is 2. The molecule has 0 amide bonds. The summed E-state index contributed by atoms with van der Waals surface area (Å²) in [7, 11) is 0. The molecule has 0 aromatic heterocycles. The molecule has 0 fully saturated rings. The SMILES string of the molecule is Cc1cc(I)c(-c2cccc(I)c2)c(I)c1. The third-order valence-corrected chi connectivity index (χ3v) is 4.67. The van der Waals surface area contributed by atoms with Gasteiger partial charge in [-0.2, -0.15) is 0 Å². The highest BCUT2D eigenvalue weighted by Crippen LogP contribution is 2.31. The molecule has 2 aromatic rings. The predicted octanol–water partition coefficient (Wildman–Crippen LogP) is 5.48. The van der Waals surface area contributed by atoms with Crippen LogP contribution >= 0.6 is 67.8 Å². The summed E-state index contributed by atoms with van der Waals surface area (Å²) in [5.41, 5.74) is 3.98. The molecule has 0 radical (unpaired) electrons. The minimum absolute atomic E-state index is 1.28. The molecule has 16 heavy (non-hydrogen) atoms. The number of halogens is 3. The Kier molecular flexibility index (Phi) is 4.51. The van der Waals surface area contributed by atoms with Gasteiger partial charge in [-0.25, -0.2) is 0 Å². The molecule has 0 spiro atoms. The lowest BCUT2D eigenvalue weighted by molar-refractivity contribution is 1.42. The van der Waals surface area contributed by atoms with Crippen molar-refractivity contribution in [3.05, 3.63) is 52.7 Å². The minimum atomic E-state index is 1.28. The molecule has 82 valence electrons. The van der Waals surface area contributed by atoms with Crippen LogP contribution in [0.5, 0.6) is 0 Å². The monoisotopic (exact) mass is 546 g/mol. The molecule has 0 atom stereocenters. The summed E-state index contributed by atoms with van der Waals surface area (Å²) in [4.78, 5) is 0. The van der Waals surface area contributed by atoms with Crippen LogP contribution in [-0.4, -0.2) is 0 Å². The fourth-order valence-electron chi connectivity index (χ4n) is 1.62. The Morgan fingerprint density at radius 3 is 2.06 bits per heavy atom. The molecule has 0 unspecified atom stereocenters. The van der Waals surface area contributed by atoms with Gasteiger partial charge in [0.15, 0.2) is 0 Å². The molecule has 2 rings (SSSR count). The Morgan fingerprint density at radius 1 is 0.875 bits per heavy atom. The van der Waals surface area contributed by atoms with E-state index in [9.17, 15) is 0 Å². The van der Waals surface area contributed by atoms with Crippen molar-refractivity contribution >= 4 is 67.8 Å². The van der Waals surface area contributed by atoms with Gasteiger partial charge in [0, 0.05) is 16.3 Å². The number of aryl methyl sites for hydroxylation is 1. The predicted molar refractivity (Wildman–Crippen MR) is 94.8 cm³/mol. The van der Waals surface area contributed by atoms with Crippen molar-refractivity contribution in [2.45, 2.75) is 6.92 Å². The maximum absolute atomic E-state index is 2.42. The first kappa shape index (κ1) is 13.1. The highest BCUT2D eigenvalue weighted by molar-refractivity contribution is 14.1. The second-order valence-electron chi connectivity index (χ2n) is 3.61. The summed E-state index contributed by atoms with van der Waals surface area (Å²) in [6.07, 6.45) is 0. The summed E-state index contributed by atoms with van der Waals surface area (Å²) < 4.78 is 3.93. The molecule has 0 saturated heterocycles. The Balaban J connectivity index is 2.64. The Morgan fingerprint density at radius 2 is 1.50 bits per heavy atom. The number of rotatable bonds is 1. The summed E-state index contributed by atoms with van der Waals surface area (Å²) in [6.45, 7) is 2.14. The van der Waals surface area contributed by atoms with Gasteiger partial charge in [-0.1, -0.05) is 12.1 Å². The average Bonchev–Trinajstić information content (AvgIpc) is 2.15. The summed E-state index contributed by atoms with van der Waals surface area (Å²) in [6, 6.07) is 13.1. The maximum atomic E-state index is 2.42. The van der Waals surface area contributed by atoms with E-state index in [-0.39, 0.29) is 0 Å². The molecule has 0 aliphatic heterocycles. The quantitative estimate of drug-likeness (QED) is 0.417. The van der Waals surface area contributed by atoms with Crippen LogP contribution in [0.2, 0.25) is 0 Å². The van der Waals surface area contributed by atoms with E-state index in [2.05, 4.69) is 111 Å². The second-order valence-corrected chi connectivity index (χ2v) is 7.18. The number of hydrogen-bond donors (Lipinski definition) is 0. The third-order valence-electron chi connectivity index (χ3n) is 2.30. The van der Waals surface area contributed by atoms with Crippen molar-refractivity contribution in [3.8, 4) is 11.1 Å². The van der Waals surface area contributed by atoms with Crippen LogP contribution < -0.4 is 0 Å². The largest absolute Gasteiger partial charge is 0.0606 e. The topological polar surface area (TPSA) is 0 Å².